The van der Waals surface area contributed by atoms with Gasteiger partial charge in [-0.25, -0.2) is 18.4 Å². The quantitative estimate of drug-likeness (QED) is 0.905. The van der Waals surface area contributed by atoms with E-state index in [1.54, 1.807) is 0 Å². The number of anilines is 1. The van der Waals surface area contributed by atoms with Crippen molar-refractivity contribution in [3.8, 4) is 11.9 Å². The lowest BCUT2D eigenvalue weighted by Gasteiger charge is -2.07. The van der Waals surface area contributed by atoms with Crippen LogP contribution in [0.3, 0.4) is 0 Å². The average molecular weight is 290 g/mol. The van der Waals surface area contributed by atoms with Crippen LogP contribution in [0.15, 0.2) is 41.6 Å². The molecule has 20 heavy (non-hydrogen) atoms. The second-order valence-corrected chi connectivity index (χ2v) is 5.37. The highest BCUT2D eigenvalue weighted by atomic mass is 32.2. The Morgan fingerprint density at radius 1 is 1.20 bits per heavy atom. The number of sulfonamides is 1. The van der Waals surface area contributed by atoms with Gasteiger partial charge in [0.2, 0.25) is 5.88 Å². The van der Waals surface area contributed by atoms with Crippen LogP contribution < -0.4 is 9.46 Å². The first-order chi connectivity index (χ1) is 9.55. The fourth-order valence-electron chi connectivity index (χ4n) is 1.38. The molecule has 0 saturated heterocycles. The third kappa shape index (κ3) is 3.02. The molecule has 0 aliphatic carbocycles. The third-order valence-electron chi connectivity index (χ3n) is 2.36. The Bertz CT molecular complexity index is 734. The van der Waals surface area contributed by atoms with Crippen molar-refractivity contribution in [1.29, 1.82) is 5.26 Å². The zero-order chi connectivity index (χ0) is 14.6. The lowest BCUT2D eigenvalue weighted by atomic mass is 10.4. The molecule has 0 unspecified atom stereocenters. The number of ether oxygens (including phenoxy) is 1. The lowest BCUT2D eigenvalue weighted by molar-refractivity contribution is 0.398. The van der Waals surface area contributed by atoms with Crippen molar-refractivity contribution in [1.82, 2.24) is 9.97 Å². The molecule has 0 bridgehead atoms. The molecule has 2 aromatic heterocycles. The standard InChI is InChI=1S/C12H10N4O3S/c1-19-12-5-3-10(7-15-12)16-20(17,18)11-4-2-9(6-13)14-8-11/h2-5,7-8,16H,1H3. The van der Waals surface area contributed by atoms with Crippen LogP contribution in [0, 0.1) is 11.3 Å². The molecule has 2 rings (SSSR count). The molecule has 0 atom stereocenters. The summed E-state index contributed by atoms with van der Waals surface area (Å²) in [6.45, 7) is 0. The number of hydrogen-bond donors (Lipinski definition) is 1. The van der Waals surface area contributed by atoms with E-state index < -0.39 is 10.0 Å². The summed E-state index contributed by atoms with van der Waals surface area (Å²) < 4.78 is 31.4. The van der Waals surface area contributed by atoms with Crippen molar-refractivity contribution in [2.24, 2.45) is 0 Å². The second kappa shape index (κ2) is 5.54. The van der Waals surface area contributed by atoms with Gasteiger partial charge in [-0.3, -0.25) is 4.72 Å². The molecule has 0 aliphatic heterocycles. The Kier molecular flexibility index (Phi) is 3.81. The Labute approximate surface area is 115 Å². The van der Waals surface area contributed by atoms with Crippen LogP contribution in [0.1, 0.15) is 5.69 Å². The van der Waals surface area contributed by atoms with Crippen LogP contribution in [0.4, 0.5) is 5.69 Å². The first-order valence-electron chi connectivity index (χ1n) is 5.44. The molecule has 7 nitrogen and oxygen atoms in total. The van der Waals surface area contributed by atoms with E-state index in [4.69, 9.17) is 10.00 Å². The summed E-state index contributed by atoms with van der Waals surface area (Å²) in [6.07, 6.45) is 2.46. The van der Waals surface area contributed by atoms with Crippen molar-refractivity contribution < 1.29 is 13.2 Å². The van der Waals surface area contributed by atoms with Gasteiger partial charge in [0, 0.05) is 12.3 Å². The molecule has 2 heterocycles. The molecule has 0 aliphatic rings. The summed E-state index contributed by atoms with van der Waals surface area (Å²) >= 11 is 0. The SMILES string of the molecule is COc1ccc(NS(=O)(=O)c2ccc(C#N)nc2)cn1. The highest BCUT2D eigenvalue weighted by molar-refractivity contribution is 7.92. The van der Waals surface area contributed by atoms with Gasteiger partial charge in [0.15, 0.2) is 0 Å². The number of nitrogens with zero attached hydrogens (tertiary/aromatic N) is 3. The molecule has 8 heteroatoms. The van der Waals surface area contributed by atoms with E-state index in [9.17, 15) is 8.42 Å². The van der Waals surface area contributed by atoms with E-state index in [2.05, 4.69) is 14.7 Å². The maximum Gasteiger partial charge on any atom is 0.263 e. The maximum absolute atomic E-state index is 12.1. The molecular formula is C12H10N4O3S. The van der Waals surface area contributed by atoms with Crippen LogP contribution in [-0.2, 0) is 10.0 Å². The van der Waals surface area contributed by atoms with E-state index >= 15 is 0 Å². The second-order valence-electron chi connectivity index (χ2n) is 3.69. The van der Waals surface area contributed by atoms with Gasteiger partial charge in [0.05, 0.1) is 19.0 Å². The van der Waals surface area contributed by atoms with Gasteiger partial charge in [0.1, 0.15) is 16.7 Å². The molecule has 1 N–H and O–H groups in total. The minimum atomic E-state index is -3.76. The third-order valence-corrected chi connectivity index (χ3v) is 3.73. The normalized spacial score (nSPS) is 10.6. The Balaban J connectivity index is 2.23. The average Bonchev–Trinajstić information content (AvgIpc) is 2.48. The van der Waals surface area contributed by atoms with Crippen LogP contribution in [0.2, 0.25) is 0 Å². The summed E-state index contributed by atoms with van der Waals surface area (Å²) in [5.41, 5.74) is 0.449. The molecule has 0 saturated carbocycles. The number of rotatable bonds is 4. The van der Waals surface area contributed by atoms with Crippen LogP contribution >= 0.6 is 0 Å². The Morgan fingerprint density at radius 3 is 2.50 bits per heavy atom. The number of pyridine rings is 2. The van der Waals surface area contributed by atoms with E-state index in [-0.39, 0.29) is 10.6 Å². The fourth-order valence-corrected chi connectivity index (χ4v) is 2.37. The molecule has 0 fully saturated rings. The summed E-state index contributed by atoms with van der Waals surface area (Å²) in [7, 11) is -2.29. The van der Waals surface area contributed by atoms with Gasteiger partial charge in [-0.05, 0) is 18.2 Å². The number of methoxy groups -OCH3 is 1. The van der Waals surface area contributed by atoms with Crippen LogP contribution in [0.25, 0.3) is 0 Å². The van der Waals surface area contributed by atoms with E-state index in [1.165, 1.54) is 37.6 Å². The molecule has 0 spiro atoms. The summed E-state index contributed by atoms with van der Waals surface area (Å²) in [4.78, 5) is 7.58. The van der Waals surface area contributed by atoms with Gasteiger partial charge in [-0.15, -0.1) is 0 Å². The number of nitriles is 1. The molecule has 102 valence electrons. The highest BCUT2D eigenvalue weighted by Crippen LogP contribution is 2.16. The molecular weight excluding hydrogens is 280 g/mol. The minimum absolute atomic E-state index is 0.0349. The lowest BCUT2D eigenvalue weighted by Crippen LogP contribution is -2.13. The summed E-state index contributed by atoms with van der Waals surface area (Å²) in [6, 6.07) is 7.53. The van der Waals surface area contributed by atoms with E-state index in [0.29, 0.717) is 11.6 Å². The molecule has 0 aromatic carbocycles. The number of nitrogens with one attached hydrogen (secondary N) is 1. The molecule has 2 aromatic rings. The van der Waals surface area contributed by atoms with Gasteiger partial charge in [0.25, 0.3) is 10.0 Å². The Morgan fingerprint density at radius 2 is 2.00 bits per heavy atom. The molecule has 0 amide bonds. The van der Waals surface area contributed by atoms with E-state index in [0.717, 1.165) is 6.20 Å². The zero-order valence-electron chi connectivity index (χ0n) is 10.4. The van der Waals surface area contributed by atoms with Gasteiger partial charge < -0.3 is 4.74 Å². The largest absolute Gasteiger partial charge is 0.481 e. The van der Waals surface area contributed by atoms with Crippen molar-refractivity contribution >= 4 is 15.7 Å². The predicted octanol–water partition coefficient (Wildman–Crippen LogP) is 1.16. The topological polar surface area (TPSA) is 105 Å². The van der Waals surface area contributed by atoms with Crippen molar-refractivity contribution in [3.63, 3.8) is 0 Å². The molecule has 0 radical (unpaired) electrons. The van der Waals surface area contributed by atoms with E-state index in [1.807, 2.05) is 6.07 Å². The smallest absolute Gasteiger partial charge is 0.263 e. The van der Waals surface area contributed by atoms with Crippen molar-refractivity contribution in [2.75, 3.05) is 11.8 Å². The number of hydrogen-bond acceptors (Lipinski definition) is 6. The van der Waals surface area contributed by atoms with Gasteiger partial charge in [-0.2, -0.15) is 5.26 Å². The van der Waals surface area contributed by atoms with Crippen LogP contribution in [0.5, 0.6) is 5.88 Å². The van der Waals surface area contributed by atoms with Gasteiger partial charge in [-0.1, -0.05) is 0 Å². The van der Waals surface area contributed by atoms with Crippen LogP contribution in [-0.4, -0.2) is 25.5 Å². The fraction of sp³-hybridized carbons (Fsp3) is 0.0833. The first-order valence-corrected chi connectivity index (χ1v) is 6.92. The maximum atomic E-state index is 12.1. The minimum Gasteiger partial charge on any atom is -0.481 e. The summed E-state index contributed by atoms with van der Waals surface area (Å²) in [5, 5.41) is 8.62. The predicted molar refractivity (Wildman–Crippen MR) is 70.5 cm³/mol. The zero-order valence-corrected chi connectivity index (χ0v) is 11.3. The monoisotopic (exact) mass is 290 g/mol. The number of aromatic nitrogens is 2. The first kappa shape index (κ1) is 13.8. The summed E-state index contributed by atoms with van der Waals surface area (Å²) in [5.74, 6) is 0.382. The van der Waals surface area contributed by atoms with Crippen molar-refractivity contribution in [3.05, 3.63) is 42.4 Å². The van der Waals surface area contributed by atoms with Crippen molar-refractivity contribution in [2.45, 2.75) is 4.90 Å². The highest BCUT2D eigenvalue weighted by Gasteiger charge is 2.14. The Hall–Kier alpha value is -2.66. The van der Waals surface area contributed by atoms with Gasteiger partial charge >= 0.3 is 0 Å².